The molecule has 3 aromatic carbocycles. The first-order valence-electron chi connectivity index (χ1n) is 10.2. The quantitative estimate of drug-likeness (QED) is 0.339. The van der Waals surface area contributed by atoms with Crippen LogP contribution >= 0.6 is 23.8 Å². The van der Waals surface area contributed by atoms with Crippen molar-refractivity contribution in [2.24, 2.45) is 0 Å². The average Bonchev–Trinajstić information content (AvgIpc) is 3.16. The number of fused-ring (bicyclic) bond motifs is 1. The van der Waals surface area contributed by atoms with Crippen LogP contribution in [0.25, 0.3) is 11.1 Å². The number of halogens is 1. The molecule has 0 unspecified atom stereocenters. The summed E-state index contributed by atoms with van der Waals surface area (Å²) in [7, 11) is 0. The molecular weight excluding hydrogens is 442 g/mol. The van der Waals surface area contributed by atoms with Crippen molar-refractivity contribution < 1.29 is 9.21 Å². The molecule has 0 aliphatic carbocycles. The lowest BCUT2D eigenvalue weighted by Crippen LogP contribution is -2.34. The molecule has 0 saturated heterocycles. The third-order valence-electron chi connectivity index (χ3n) is 5.03. The Bertz CT molecular complexity index is 1260. The number of oxazole rings is 1. The maximum absolute atomic E-state index is 12.4. The van der Waals surface area contributed by atoms with Crippen molar-refractivity contribution in [1.29, 1.82) is 0 Å². The fourth-order valence-corrected chi connectivity index (χ4v) is 3.64. The summed E-state index contributed by atoms with van der Waals surface area (Å²) in [5.74, 6) is 0.790. The fraction of sp³-hybridized carbons (Fsp3) is 0.160. The van der Waals surface area contributed by atoms with Crippen molar-refractivity contribution in [2.75, 3.05) is 5.32 Å². The third kappa shape index (κ3) is 5.33. The van der Waals surface area contributed by atoms with Crippen molar-refractivity contribution in [3.63, 3.8) is 0 Å². The number of rotatable bonds is 5. The maximum atomic E-state index is 12.4. The Kier molecular flexibility index (Phi) is 6.53. The number of hydrogen-bond acceptors (Lipinski definition) is 4. The number of aromatic nitrogens is 1. The highest BCUT2D eigenvalue weighted by Crippen LogP contribution is 2.22. The molecule has 0 fully saturated rings. The van der Waals surface area contributed by atoms with Gasteiger partial charge in [-0.15, -0.1) is 0 Å². The van der Waals surface area contributed by atoms with Crippen molar-refractivity contribution in [3.8, 4) is 0 Å². The molecule has 1 aromatic heterocycles. The predicted octanol–water partition coefficient (Wildman–Crippen LogP) is 6.32. The topological polar surface area (TPSA) is 67.2 Å². The van der Waals surface area contributed by atoms with Crippen LogP contribution in [-0.4, -0.2) is 16.0 Å². The largest absolute Gasteiger partial charge is 0.440 e. The molecular formula is C25H22ClN3O2S. The van der Waals surface area contributed by atoms with E-state index < -0.39 is 0 Å². The molecule has 0 saturated carbocycles. The lowest BCUT2D eigenvalue weighted by atomic mass is 10.0. The van der Waals surface area contributed by atoms with Gasteiger partial charge in [-0.2, -0.15) is 0 Å². The van der Waals surface area contributed by atoms with Crippen LogP contribution in [0, 0.1) is 0 Å². The van der Waals surface area contributed by atoms with Gasteiger partial charge in [0.25, 0.3) is 5.91 Å². The molecule has 0 radical (unpaired) electrons. The van der Waals surface area contributed by atoms with Crippen molar-refractivity contribution in [2.45, 2.75) is 26.2 Å². The maximum Gasteiger partial charge on any atom is 0.257 e. The number of amides is 1. The first-order valence-corrected chi connectivity index (χ1v) is 11.0. The van der Waals surface area contributed by atoms with Gasteiger partial charge in [0, 0.05) is 22.7 Å². The van der Waals surface area contributed by atoms with E-state index >= 15 is 0 Å². The van der Waals surface area contributed by atoms with Crippen LogP contribution < -0.4 is 10.6 Å². The van der Waals surface area contributed by atoms with Crippen LogP contribution in [0.1, 0.15) is 47.1 Å². The van der Waals surface area contributed by atoms with Crippen LogP contribution in [0.4, 0.5) is 5.69 Å². The molecule has 7 heteroatoms. The summed E-state index contributed by atoms with van der Waals surface area (Å²) in [6, 6.07) is 20.6. The molecule has 2 N–H and O–H groups in total. The smallest absolute Gasteiger partial charge is 0.257 e. The van der Waals surface area contributed by atoms with Crippen molar-refractivity contribution >= 4 is 51.6 Å². The standard InChI is InChI=1S/C25H22ClN3O2S/c1-15(2)17-5-7-18(8-6-17)24(30)29-25(32)27-20-10-3-16(4-11-20)13-23-28-21-14-19(26)9-12-22(21)31-23/h3-12,14-15H,13H2,1-2H3,(H2,27,29,30,32). The van der Waals surface area contributed by atoms with Gasteiger partial charge in [-0.3, -0.25) is 10.1 Å². The molecule has 4 aromatic rings. The summed E-state index contributed by atoms with van der Waals surface area (Å²) < 4.78 is 5.77. The fourth-order valence-electron chi connectivity index (χ4n) is 3.26. The van der Waals surface area contributed by atoms with Gasteiger partial charge in [0.2, 0.25) is 0 Å². The summed E-state index contributed by atoms with van der Waals surface area (Å²) in [5, 5.41) is 6.62. The minimum atomic E-state index is -0.245. The zero-order chi connectivity index (χ0) is 22.7. The molecule has 0 aliphatic rings. The highest BCUT2D eigenvalue weighted by molar-refractivity contribution is 7.80. The Morgan fingerprint density at radius 2 is 1.78 bits per heavy atom. The molecule has 162 valence electrons. The van der Waals surface area contributed by atoms with E-state index in [0.29, 0.717) is 34.4 Å². The lowest BCUT2D eigenvalue weighted by molar-refractivity contribution is 0.0977. The predicted molar refractivity (Wildman–Crippen MR) is 132 cm³/mol. The minimum absolute atomic E-state index is 0.242. The van der Waals surface area contributed by atoms with Gasteiger partial charge >= 0.3 is 0 Å². The van der Waals surface area contributed by atoms with Gasteiger partial charge in [-0.05, 0) is 71.7 Å². The Morgan fingerprint density at radius 1 is 1.06 bits per heavy atom. The molecule has 0 spiro atoms. The Labute approximate surface area is 196 Å². The van der Waals surface area contributed by atoms with Gasteiger partial charge in [-0.1, -0.05) is 49.7 Å². The van der Waals surface area contributed by atoms with Gasteiger partial charge in [-0.25, -0.2) is 4.98 Å². The molecule has 5 nitrogen and oxygen atoms in total. The second-order valence-electron chi connectivity index (χ2n) is 7.78. The van der Waals surface area contributed by atoms with E-state index in [1.165, 1.54) is 5.56 Å². The Morgan fingerprint density at radius 3 is 2.47 bits per heavy atom. The second kappa shape index (κ2) is 9.51. The first-order chi connectivity index (χ1) is 15.4. The van der Waals surface area contributed by atoms with Crippen LogP contribution in [0.15, 0.2) is 71.1 Å². The highest BCUT2D eigenvalue weighted by Gasteiger charge is 2.10. The van der Waals surface area contributed by atoms with Gasteiger partial charge < -0.3 is 9.73 Å². The normalized spacial score (nSPS) is 11.0. The van der Waals surface area contributed by atoms with E-state index in [1.54, 1.807) is 12.1 Å². The number of anilines is 1. The van der Waals surface area contributed by atoms with Crippen LogP contribution in [0.5, 0.6) is 0 Å². The van der Waals surface area contributed by atoms with Crippen LogP contribution in [0.2, 0.25) is 5.02 Å². The van der Waals surface area contributed by atoms with Gasteiger partial charge in [0.05, 0.1) is 0 Å². The molecule has 4 rings (SSSR count). The Hall–Kier alpha value is -3.22. The SMILES string of the molecule is CC(C)c1ccc(C(=O)NC(=S)Nc2ccc(Cc3nc4cc(Cl)ccc4o3)cc2)cc1. The summed E-state index contributed by atoms with van der Waals surface area (Å²) in [4.78, 5) is 16.9. The van der Waals surface area contributed by atoms with E-state index in [-0.39, 0.29) is 11.0 Å². The number of nitrogens with one attached hydrogen (secondary N) is 2. The number of carbonyl (C=O) groups is 1. The zero-order valence-electron chi connectivity index (χ0n) is 17.7. The number of carbonyl (C=O) groups excluding carboxylic acids is 1. The van der Waals surface area contributed by atoms with Gasteiger partial charge in [0.1, 0.15) is 5.52 Å². The van der Waals surface area contributed by atoms with Crippen molar-refractivity contribution in [3.05, 3.63) is 94.3 Å². The summed E-state index contributed by atoms with van der Waals surface area (Å²) in [5.41, 5.74) is 5.01. The zero-order valence-corrected chi connectivity index (χ0v) is 19.3. The first kappa shape index (κ1) is 22.0. The summed E-state index contributed by atoms with van der Waals surface area (Å²) >= 11 is 11.3. The molecule has 32 heavy (non-hydrogen) atoms. The molecule has 0 bridgehead atoms. The van der Waals surface area contributed by atoms with E-state index in [4.69, 9.17) is 28.2 Å². The summed E-state index contributed by atoms with van der Waals surface area (Å²) in [6.45, 7) is 4.23. The van der Waals surface area contributed by atoms with Crippen LogP contribution in [-0.2, 0) is 6.42 Å². The number of nitrogens with zero attached hydrogens (tertiary/aromatic N) is 1. The van der Waals surface area contributed by atoms with E-state index in [0.717, 1.165) is 16.8 Å². The van der Waals surface area contributed by atoms with E-state index in [2.05, 4.69) is 29.5 Å². The number of hydrogen-bond donors (Lipinski definition) is 2. The number of benzene rings is 3. The molecule has 1 heterocycles. The van der Waals surface area contributed by atoms with Crippen molar-refractivity contribution in [1.82, 2.24) is 10.3 Å². The number of thiocarbonyl (C=S) groups is 1. The van der Waals surface area contributed by atoms with E-state index in [9.17, 15) is 4.79 Å². The molecule has 0 aliphatic heterocycles. The minimum Gasteiger partial charge on any atom is -0.440 e. The average molecular weight is 464 g/mol. The van der Waals surface area contributed by atoms with E-state index in [1.807, 2.05) is 54.6 Å². The second-order valence-corrected chi connectivity index (χ2v) is 8.62. The monoisotopic (exact) mass is 463 g/mol. The lowest BCUT2D eigenvalue weighted by Gasteiger charge is -2.11. The summed E-state index contributed by atoms with van der Waals surface area (Å²) in [6.07, 6.45) is 0.556. The molecule has 1 amide bonds. The Balaban J connectivity index is 1.34. The molecule has 0 atom stereocenters. The third-order valence-corrected chi connectivity index (χ3v) is 5.47. The van der Waals surface area contributed by atoms with Crippen LogP contribution in [0.3, 0.4) is 0 Å². The highest BCUT2D eigenvalue weighted by atomic mass is 35.5. The van der Waals surface area contributed by atoms with Gasteiger partial charge in [0.15, 0.2) is 16.6 Å².